The maximum absolute atomic E-state index is 10.9. The van der Waals surface area contributed by atoms with E-state index >= 15 is 0 Å². The number of aromatic amines is 1. The van der Waals surface area contributed by atoms with Gasteiger partial charge in [-0.1, -0.05) is 18.2 Å². The molecule has 0 unspecified atom stereocenters. The molecule has 3 rings (SSSR count). The molecule has 0 bridgehead atoms. The van der Waals surface area contributed by atoms with Gasteiger partial charge in [-0.25, -0.2) is 0 Å². The van der Waals surface area contributed by atoms with E-state index in [2.05, 4.69) is 22.0 Å². The van der Waals surface area contributed by atoms with Gasteiger partial charge in [0.05, 0.1) is 6.54 Å². The number of carbonyl (C=O) groups is 1. The summed E-state index contributed by atoms with van der Waals surface area (Å²) in [6.07, 6.45) is 5.21. The Bertz CT molecular complexity index is 587. The summed E-state index contributed by atoms with van der Waals surface area (Å²) >= 11 is 0. The van der Waals surface area contributed by atoms with Crippen molar-refractivity contribution in [3.63, 3.8) is 0 Å². The summed E-state index contributed by atoms with van der Waals surface area (Å²) in [6, 6.07) is 8.72. The SMILES string of the molecule is O=C(O)CN(CCc1c[nH]c2ccccc12)C1CC1. The van der Waals surface area contributed by atoms with Crippen LogP contribution >= 0.6 is 0 Å². The maximum Gasteiger partial charge on any atom is 0.317 e. The van der Waals surface area contributed by atoms with Gasteiger partial charge < -0.3 is 10.1 Å². The minimum atomic E-state index is -0.731. The van der Waals surface area contributed by atoms with E-state index in [0.717, 1.165) is 31.3 Å². The Kier molecular flexibility index (Phi) is 3.25. The average molecular weight is 258 g/mol. The van der Waals surface area contributed by atoms with Gasteiger partial charge in [0.1, 0.15) is 0 Å². The highest BCUT2D eigenvalue weighted by Gasteiger charge is 2.29. The maximum atomic E-state index is 10.9. The minimum absolute atomic E-state index is 0.160. The fourth-order valence-electron chi connectivity index (χ4n) is 2.61. The molecular weight excluding hydrogens is 240 g/mol. The molecule has 1 aliphatic carbocycles. The smallest absolute Gasteiger partial charge is 0.317 e. The van der Waals surface area contributed by atoms with E-state index in [1.807, 2.05) is 18.3 Å². The van der Waals surface area contributed by atoms with Gasteiger partial charge in [-0.2, -0.15) is 0 Å². The van der Waals surface area contributed by atoms with Gasteiger partial charge in [-0.05, 0) is 30.9 Å². The number of nitrogens with zero attached hydrogens (tertiary/aromatic N) is 1. The molecule has 4 heteroatoms. The first kappa shape index (κ1) is 12.2. The van der Waals surface area contributed by atoms with E-state index in [1.165, 1.54) is 10.9 Å². The Morgan fingerprint density at radius 2 is 2.16 bits per heavy atom. The molecule has 1 heterocycles. The third kappa shape index (κ3) is 2.79. The number of hydrogen-bond acceptors (Lipinski definition) is 2. The molecule has 0 saturated heterocycles. The number of hydrogen-bond donors (Lipinski definition) is 2. The van der Waals surface area contributed by atoms with Crippen molar-refractivity contribution in [2.75, 3.05) is 13.1 Å². The number of rotatable bonds is 6. The van der Waals surface area contributed by atoms with E-state index < -0.39 is 5.97 Å². The van der Waals surface area contributed by atoms with Crippen molar-refractivity contribution in [1.29, 1.82) is 0 Å². The van der Waals surface area contributed by atoms with Crippen LogP contribution in [-0.4, -0.2) is 40.1 Å². The normalized spacial score (nSPS) is 15.2. The Morgan fingerprint density at radius 1 is 1.37 bits per heavy atom. The van der Waals surface area contributed by atoms with Crippen molar-refractivity contribution in [3.05, 3.63) is 36.0 Å². The van der Waals surface area contributed by atoms with Crippen LogP contribution in [0.4, 0.5) is 0 Å². The van der Waals surface area contributed by atoms with E-state index in [9.17, 15) is 4.79 Å². The largest absolute Gasteiger partial charge is 0.480 e. The summed E-state index contributed by atoms with van der Waals surface area (Å²) in [5.74, 6) is -0.731. The van der Waals surface area contributed by atoms with Crippen LogP contribution in [0.5, 0.6) is 0 Å². The standard InChI is InChI=1S/C15H18N2O2/c18-15(19)10-17(12-5-6-12)8-7-11-9-16-14-4-2-1-3-13(11)14/h1-4,9,12,16H,5-8,10H2,(H,18,19). The first-order valence-electron chi connectivity index (χ1n) is 6.75. The number of carboxylic acid groups (broad SMARTS) is 1. The zero-order chi connectivity index (χ0) is 13.2. The molecule has 0 amide bonds. The second-order valence-electron chi connectivity index (χ2n) is 5.20. The molecule has 1 saturated carbocycles. The molecule has 2 N–H and O–H groups in total. The lowest BCUT2D eigenvalue weighted by molar-refractivity contribution is -0.138. The number of nitrogens with one attached hydrogen (secondary N) is 1. The van der Waals surface area contributed by atoms with Crippen LogP contribution in [0.25, 0.3) is 10.9 Å². The summed E-state index contributed by atoms with van der Waals surface area (Å²) < 4.78 is 0. The van der Waals surface area contributed by atoms with Crippen LogP contribution in [-0.2, 0) is 11.2 Å². The highest BCUT2D eigenvalue weighted by atomic mass is 16.4. The number of para-hydroxylation sites is 1. The summed E-state index contributed by atoms with van der Waals surface area (Å²) in [5, 5.41) is 10.2. The average Bonchev–Trinajstić information content (AvgIpc) is 3.16. The third-order valence-corrected chi connectivity index (χ3v) is 3.74. The van der Waals surface area contributed by atoms with Crippen LogP contribution in [0.3, 0.4) is 0 Å². The fourth-order valence-corrected chi connectivity index (χ4v) is 2.61. The molecule has 1 aromatic heterocycles. The molecule has 0 atom stereocenters. The number of aromatic nitrogens is 1. The molecule has 4 nitrogen and oxygen atoms in total. The van der Waals surface area contributed by atoms with Gasteiger partial charge in [0, 0.05) is 29.7 Å². The highest BCUT2D eigenvalue weighted by molar-refractivity contribution is 5.83. The zero-order valence-electron chi connectivity index (χ0n) is 10.8. The zero-order valence-corrected chi connectivity index (χ0v) is 10.8. The van der Waals surface area contributed by atoms with Crippen LogP contribution in [0.1, 0.15) is 18.4 Å². The first-order chi connectivity index (χ1) is 9.24. The Labute approximate surface area is 112 Å². The summed E-state index contributed by atoms with van der Waals surface area (Å²) in [6.45, 7) is 0.978. The minimum Gasteiger partial charge on any atom is -0.480 e. The summed E-state index contributed by atoms with van der Waals surface area (Å²) in [7, 11) is 0. The third-order valence-electron chi connectivity index (χ3n) is 3.74. The van der Waals surface area contributed by atoms with Crippen molar-refractivity contribution in [1.82, 2.24) is 9.88 Å². The first-order valence-corrected chi connectivity index (χ1v) is 6.75. The van der Waals surface area contributed by atoms with Gasteiger partial charge in [0.25, 0.3) is 0 Å². The second-order valence-corrected chi connectivity index (χ2v) is 5.20. The lowest BCUT2D eigenvalue weighted by atomic mass is 10.1. The Hall–Kier alpha value is -1.81. The summed E-state index contributed by atoms with van der Waals surface area (Å²) in [4.78, 5) is 16.2. The van der Waals surface area contributed by atoms with E-state index in [0.29, 0.717) is 6.04 Å². The molecule has 0 radical (unpaired) electrons. The van der Waals surface area contributed by atoms with Crippen LogP contribution in [0.2, 0.25) is 0 Å². The highest BCUT2D eigenvalue weighted by Crippen LogP contribution is 2.27. The molecule has 19 heavy (non-hydrogen) atoms. The molecular formula is C15H18N2O2. The van der Waals surface area contributed by atoms with Gasteiger partial charge in [-0.3, -0.25) is 9.69 Å². The molecule has 1 aromatic carbocycles. The fraction of sp³-hybridized carbons (Fsp3) is 0.400. The van der Waals surface area contributed by atoms with Crippen molar-refractivity contribution in [2.45, 2.75) is 25.3 Å². The molecule has 1 fully saturated rings. The van der Waals surface area contributed by atoms with Crippen molar-refractivity contribution < 1.29 is 9.90 Å². The quantitative estimate of drug-likeness (QED) is 0.835. The predicted molar refractivity (Wildman–Crippen MR) is 74.2 cm³/mol. The van der Waals surface area contributed by atoms with Gasteiger partial charge in [0.15, 0.2) is 0 Å². The van der Waals surface area contributed by atoms with E-state index in [1.54, 1.807) is 0 Å². The van der Waals surface area contributed by atoms with Gasteiger partial charge >= 0.3 is 5.97 Å². The predicted octanol–water partition coefficient (Wildman–Crippen LogP) is 2.26. The Balaban J connectivity index is 1.69. The van der Waals surface area contributed by atoms with Gasteiger partial charge in [-0.15, -0.1) is 0 Å². The van der Waals surface area contributed by atoms with Crippen molar-refractivity contribution in [2.24, 2.45) is 0 Å². The molecule has 0 aliphatic heterocycles. The van der Waals surface area contributed by atoms with Crippen molar-refractivity contribution in [3.8, 4) is 0 Å². The Morgan fingerprint density at radius 3 is 2.89 bits per heavy atom. The van der Waals surface area contributed by atoms with Crippen LogP contribution in [0, 0.1) is 0 Å². The van der Waals surface area contributed by atoms with Crippen molar-refractivity contribution >= 4 is 16.9 Å². The topological polar surface area (TPSA) is 56.3 Å². The van der Waals surface area contributed by atoms with Crippen LogP contribution in [0.15, 0.2) is 30.5 Å². The molecule has 0 spiro atoms. The number of carboxylic acids is 1. The number of fused-ring (bicyclic) bond motifs is 1. The molecule has 2 aromatic rings. The van der Waals surface area contributed by atoms with Gasteiger partial charge in [0.2, 0.25) is 0 Å². The van der Waals surface area contributed by atoms with E-state index in [4.69, 9.17) is 5.11 Å². The number of benzene rings is 1. The number of aliphatic carboxylic acids is 1. The lowest BCUT2D eigenvalue weighted by Gasteiger charge is -2.19. The molecule has 100 valence electrons. The molecule has 1 aliphatic rings. The number of H-pyrrole nitrogens is 1. The summed E-state index contributed by atoms with van der Waals surface area (Å²) in [5.41, 5.74) is 2.42. The van der Waals surface area contributed by atoms with E-state index in [-0.39, 0.29) is 6.54 Å². The second kappa shape index (κ2) is 5.05. The van der Waals surface area contributed by atoms with Crippen LogP contribution < -0.4 is 0 Å². The monoisotopic (exact) mass is 258 g/mol. The lowest BCUT2D eigenvalue weighted by Crippen LogP contribution is -2.33.